The van der Waals surface area contributed by atoms with Gasteiger partial charge in [0, 0.05) is 11.8 Å². The van der Waals surface area contributed by atoms with E-state index in [9.17, 15) is 52.3 Å². The lowest BCUT2D eigenvalue weighted by atomic mass is 9.66. The zero-order valence-corrected chi connectivity index (χ0v) is 17.7. The van der Waals surface area contributed by atoms with Crippen molar-refractivity contribution in [1.82, 2.24) is 4.72 Å². The average molecular weight is 494 g/mol. The molecule has 14 nitrogen and oxygen atoms in total. The topological polar surface area (TPSA) is 259 Å². The van der Waals surface area contributed by atoms with Crippen LogP contribution in [0, 0.1) is 23.7 Å². The normalized spacial score (nSPS) is 42.3. The largest absolute Gasteiger partial charge is 0.481 e. The van der Waals surface area contributed by atoms with E-state index in [4.69, 9.17) is 9.11 Å². The van der Waals surface area contributed by atoms with Gasteiger partial charge in [-0.05, 0) is 25.2 Å². The predicted molar refractivity (Wildman–Crippen MR) is 100 cm³/mol. The van der Waals surface area contributed by atoms with Gasteiger partial charge in [-0.2, -0.15) is 21.6 Å². The average Bonchev–Trinajstić information content (AvgIpc) is 2.60. The van der Waals surface area contributed by atoms with Crippen LogP contribution in [-0.4, -0.2) is 105 Å². The van der Waals surface area contributed by atoms with Gasteiger partial charge in [0.1, 0.15) is 6.10 Å². The fourth-order valence-corrected chi connectivity index (χ4v) is 6.24. The van der Waals surface area contributed by atoms with Gasteiger partial charge < -0.3 is 30.6 Å². The molecule has 2 aliphatic carbocycles. The Balaban J connectivity index is 2.39. The first-order valence-corrected chi connectivity index (χ1v) is 12.4. The molecule has 4 unspecified atom stereocenters. The van der Waals surface area contributed by atoms with Gasteiger partial charge in [0.05, 0.1) is 42.1 Å². The van der Waals surface area contributed by atoms with Crippen LogP contribution >= 0.6 is 0 Å². The van der Waals surface area contributed by atoms with Crippen LogP contribution in [-0.2, 0) is 25.2 Å². The van der Waals surface area contributed by atoms with E-state index in [-0.39, 0.29) is 12.8 Å². The number of aliphatic carboxylic acids is 1. The van der Waals surface area contributed by atoms with E-state index in [1.807, 2.05) is 0 Å². The van der Waals surface area contributed by atoms with Crippen LogP contribution in [0.3, 0.4) is 0 Å². The molecule has 2 saturated carbocycles. The van der Waals surface area contributed by atoms with Gasteiger partial charge in [0.15, 0.2) is 0 Å². The fraction of sp³-hybridized carbons (Fsp3) is 0.933. The maximum absolute atomic E-state index is 11.6. The summed E-state index contributed by atoms with van der Waals surface area (Å²) in [7, 11) is -9.54. The first-order chi connectivity index (χ1) is 14.0. The number of carboxylic acids is 1. The maximum Gasteiger partial charge on any atom is 0.333 e. The van der Waals surface area contributed by atoms with Crippen molar-refractivity contribution in [2.75, 3.05) is 5.75 Å². The summed E-state index contributed by atoms with van der Waals surface area (Å²) < 4.78 is 65.1. The number of hydrogen-bond donors (Lipinski definition) is 9. The van der Waals surface area contributed by atoms with Crippen molar-refractivity contribution in [1.29, 1.82) is 0 Å². The molecule has 0 aliphatic heterocycles. The molecule has 0 amide bonds. The summed E-state index contributed by atoms with van der Waals surface area (Å²) >= 11 is 0. The van der Waals surface area contributed by atoms with Crippen molar-refractivity contribution in [2.45, 2.75) is 55.8 Å². The number of aliphatic hydroxyl groups is 5. The SMILES string of the molecule is O=C(O)C1C[C@@H](O)[C@@H](O)C(O)[C@H]1C[C@@H]1CC(CS(=O)(=O)O)[C@H](O)[C@@H](O)C1NS(=O)(=O)O. The lowest BCUT2D eigenvalue weighted by Crippen LogP contribution is -2.60. The van der Waals surface area contributed by atoms with Crippen molar-refractivity contribution in [2.24, 2.45) is 23.7 Å². The van der Waals surface area contributed by atoms with Crippen LogP contribution in [0.2, 0.25) is 0 Å². The number of hydrogen-bond acceptors (Lipinski definition) is 10. The molecule has 9 N–H and O–H groups in total. The predicted octanol–water partition coefficient (Wildman–Crippen LogP) is -3.81. The Bertz CT molecular complexity index is 862. The summed E-state index contributed by atoms with van der Waals surface area (Å²) in [5.41, 5.74) is 0. The molecule has 16 heteroatoms. The Kier molecular flexibility index (Phi) is 8.06. The zero-order chi connectivity index (χ0) is 23.9. The van der Waals surface area contributed by atoms with E-state index in [0.717, 1.165) is 0 Å². The summed E-state index contributed by atoms with van der Waals surface area (Å²) in [4.78, 5) is 11.6. The quantitative estimate of drug-likeness (QED) is 0.154. The number of carbonyl (C=O) groups is 1. The minimum atomic E-state index is -4.93. The molecular formula is C15H27NO13S2. The molecule has 2 fully saturated rings. The summed E-state index contributed by atoms with van der Waals surface area (Å²) in [5.74, 6) is -7.44. The third kappa shape index (κ3) is 6.53. The second-order valence-electron chi connectivity index (χ2n) is 8.23. The minimum Gasteiger partial charge on any atom is -0.481 e. The minimum absolute atomic E-state index is 0.348. The van der Waals surface area contributed by atoms with Crippen molar-refractivity contribution < 1.29 is 61.4 Å². The monoisotopic (exact) mass is 493 g/mol. The third-order valence-electron chi connectivity index (χ3n) is 6.11. The van der Waals surface area contributed by atoms with Gasteiger partial charge in [0.2, 0.25) is 0 Å². The molecule has 0 aromatic carbocycles. The molecule has 2 aliphatic rings. The molecule has 2 rings (SSSR count). The smallest absolute Gasteiger partial charge is 0.333 e. The molecule has 0 saturated heterocycles. The number of nitrogens with one attached hydrogen (secondary N) is 1. The van der Waals surface area contributed by atoms with Crippen LogP contribution in [0.4, 0.5) is 0 Å². The van der Waals surface area contributed by atoms with E-state index in [1.165, 1.54) is 0 Å². The number of carboxylic acid groups (broad SMARTS) is 1. The molecule has 0 bridgehead atoms. The first-order valence-electron chi connectivity index (χ1n) is 9.35. The number of aliphatic hydroxyl groups excluding tert-OH is 5. The lowest BCUT2D eigenvalue weighted by Gasteiger charge is -2.46. The molecule has 0 heterocycles. The first kappa shape index (κ1) is 26.3. The van der Waals surface area contributed by atoms with Crippen molar-refractivity contribution in [3.63, 3.8) is 0 Å². The van der Waals surface area contributed by atoms with Crippen LogP contribution < -0.4 is 4.72 Å². The van der Waals surface area contributed by atoms with Gasteiger partial charge in [-0.15, -0.1) is 0 Å². The summed E-state index contributed by atoms with van der Waals surface area (Å²) in [6.07, 6.45) is -9.93. The molecule has 10 atom stereocenters. The highest BCUT2D eigenvalue weighted by Gasteiger charge is 2.51. The van der Waals surface area contributed by atoms with Gasteiger partial charge in [-0.1, -0.05) is 0 Å². The Hall–Kier alpha value is -0.950. The lowest BCUT2D eigenvalue weighted by molar-refractivity contribution is -0.168. The highest BCUT2D eigenvalue weighted by atomic mass is 32.2. The van der Waals surface area contributed by atoms with E-state index < -0.39 is 98.8 Å². The molecular weight excluding hydrogens is 466 g/mol. The summed E-state index contributed by atoms with van der Waals surface area (Å²) in [6, 6.07) is -1.60. The standard InChI is InChI=1S/C15H27NO13S2/c17-9-3-8(15(22)23)7(12(19)13(9)20)2-5-1-6(4-30(24,25)26)11(18)14(21)10(5)16-31(27,28)29/h5-14,16-21H,1-4H2,(H,22,23)(H,24,25,26)(H,27,28,29)/t5-,6?,7-,8?,9+,10?,11-,12?,13+,14-/m0/s1. The molecule has 0 radical (unpaired) electrons. The van der Waals surface area contributed by atoms with Crippen molar-refractivity contribution >= 4 is 26.4 Å². The Labute approximate surface area is 178 Å². The van der Waals surface area contributed by atoms with E-state index in [2.05, 4.69) is 0 Å². The summed E-state index contributed by atoms with van der Waals surface area (Å²) in [6.45, 7) is 0. The highest BCUT2D eigenvalue weighted by Crippen LogP contribution is 2.41. The Morgan fingerprint density at radius 2 is 1.42 bits per heavy atom. The Morgan fingerprint density at radius 3 is 1.90 bits per heavy atom. The second kappa shape index (κ2) is 9.50. The van der Waals surface area contributed by atoms with Gasteiger partial charge in [-0.3, -0.25) is 13.9 Å². The third-order valence-corrected chi connectivity index (χ3v) is 7.53. The van der Waals surface area contributed by atoms with Crippen molar-refractivity contribution in [3.05, 3.63) is 0 Å². The Morgan fingerprint density at radius 1 is 0.839 bits per heavy atom. The molecule has 0 aromatic rings. The maximum atomic E-state index is 11.6. The summed E-state index contributed by atoms with van der Waals surface area (Å²) in [5, 5.41) is 60.1. The van der Waals surface area contributed by atoms with E-state index in [1.54, 1.807) is 4.72 Å². The van der Waals surface area contributed by atoms with Gasteiger partial charge >= 0.3 is 16.3 Å². The number of rotatable bonds is 7. The fourth-order valence-electron chi connectivity index (χ4n) is 4.69. The van der Waals surface area contributed by atoms with Gasteiger partial charge in [-0.25, -0.2) is 0 Å². The van der Waals surface area contributed by atoms with Crippen LogP contribution in [0.25, 0.3) is 0 Å². The molecule has 31 heavy (non-hydrogen) atoms. The molecule has 0 aromatic heterocycles. The molecule has 182 valence electrons. The zero-order valence-electron chi connectivity index (χ0n) is 16.0. The van der Waals surface area contributed by atoms with Crippen LogP contribution in [0.15, 0.2) is 0 Å². The van der Waals surface area contributed by atoms with Crippen molar-refractivity contribution in [3.8, 4) is 0 Å². The second-order valence-corrected chi connectivity index (χ2v) is 10.9. The van der Waals surface area contributed by atoms with E-state index >= 15 is 0 Å². The molecule has 0 spiro atoms. The van der Waals surface area contributed by atoms with E-state index in [0.29, 0.717) is 0 Å². The highest BCUT2D eigenvalue weighted by molar-refractivity contribution is 7.85. The van der Waals surface area contributed by atoms with Gasteiger partial charge in [0.25, 0.3) is 10.1 Å². The van der Waals surface area contributed by atoms with Crippen LogP contribution in [0.5, 0.6) is 0 Å². The van der Waals surface area contributed by atoms with Crippen LogP contribution in [0.1, 0.15) is 19.3 Å².